The first kappa shape index (κ1) is 15.5. The van der Waals surface area contributed by atoms with Gasteiger partial charge < -0.3 is 35.8 Å². The average molecular weight is 302 g/mol. The van der Waals surface area contributed by atoms with Crippen LogP contribution in [-0.4, -0.2) is 63.1 Å². The zero-order valence-corrected chi connectivity index (χ0v) is 11.6. The van der Waals surface area contributed by atoms with E-state index in [0.29, 0.717) is 0 Å². The molecule has 4 atom stereocenters. The first-order chi connectivity index (χ1) is 9.86. The molecule has 118 valence electrons. The number of nitrogens with one attached hydrogen (secondary N) is 1. The third-order valence-electron chi connectivity index (χ3n) is 3.25. The van der Waals surface area contributed by atoms with Gasteiger partial charge in [-0.3, -0.25) is 9.36 Å². The Morgan fingerprint density at radius 3 is 2.71 bits per heavy atom. The van der Waals surface area contributed by atoms with Gasteiger partial charge in [-0.05, 0) is 0 Å². The molecule has 0 aromatic carbocycles. The average Bonchev–Trinajstić information content (AvgIpc) is 2.47. The summed E-state index contributed by atoms with van der Waals surface area (Å²) in [5.41, 5.74) is 5.05. The minimum Gasteiger partial charge on any atom is -0.468 e. The Bertz CT molecular complexity index is 577. The molecule has 0 radical (unpaired) electrons. The van der Waals surface area contributed by atoms with Gasteiger partial charge in [-0.1, -0.05) is 0 Å². The van der Waals surface area contributed by atoms with E-state index in [-0.39, 0.29) is 24.1 Å². The van der Waals surface area contributed by atoms with Crippen LogP contribution in [0, 0.1) is 0 Å². The number of nitrogen functional groups attached to an aromatic ring is 1. The molecule has 1 fully saturated rings. The third kappa shape index (κ3) is 2.78. The van der Waals surface area contributed by atoms with E-state index in [4.69, 9.17) is 15.2 Å². The van der Waals surface area contributed by atoms with Gasteiger partial charge in [-0.15, -0.1) is 0 Å². The summed E-state index contributed by atoms with van der Waals surface area (Å²) in [6, 6.07) is 0.0311. The Balaban J connectivity index is 2.28. The van der Waals surface area contributed by atoms with Crippen LogP contribution in [0.25, 0.3) is 0 Å². The molecule has 21 heavy (non-hydrogen) atoms. The van der Waals surface area contributed by atoms with Crippen LogP contribution in [0.5, 0.6) is 6.01 Å². The number of rotatable bonds is 3. The van der Waals surface area contributed by atoms with Crippen LogP contribution in [0.3, 0.4) is 0 Å². The van der Waals surface area contributed by atoms with Gasteiger partial charge in [0.15, 0.2) is 12.0 Å². The Kier molecular flexibility index (Phi) is 4.32. The summed E-state index contributed by atoms with van der Waals surface area (Å²) < 4.78 is 11.2. The summed E-state index contributed by atoms with van der Waals surface area (Å²) in [4.78, 5) is 16.0. The van der Waals surface area contributed by atoms with Crippen molar-refractivity contribution in [1.29, 1.82) is 0 Å². The van der Waals surface area contributed by atoms with E-state index in [1.807, 2.05) is 0 Å². The van der Waals surface area contributed by atoms with Crippen LogP contribution in [0.4, 0.5) is 11.5 Å². The molecule has 10 nitrogen and oxygen atoms in total. The van der Waals surface area contributed by atoms with Crippen molar-refractivity contribution >= 4 is 11.5 Å². The quantitative estimate of drug-likeness (QED) is 0.399. The predicted octanol–water partition coefficient (Wildman–Crippen LogP) is -2.78. The lowest BCUT2D eigenvalue weighted by molar-refractivity contribution is -0.178. The zero-order chi connectivity index (χ0) is 15.7. The number of anilines is 2. The van der Waals surface area contributed by atoms with Crippen molar-refractivity contribution in [3.63, 3.8) is 0 Å². The Morgan fingerprint density at radius 1 is 1.43 bits per heavy atom. The van der Waals surface area contributed by atoms with Crippen molar-refractivity contribution in [3.05, 3.63) is 10.4 Å². The lowest BCUT2D eigenvalue weighted by atomic mass is 10.0. The maximum atomic E-state index is 12.1. The summed E-state index contributed by atoms with van der Waals surface area (Å²) in [5, 5.41) is 31.4. The molecular weight excluding hydrogens is 284 g/mol. The maximum absolute atomic E-state index is 12.1. The molecule has 1 aromatic heterocycles. The second-order valence-corrected chi connectivity index (χ2v) is 4.67. The van der Waals surface area contributed by atoms with Gasteiger partial charge in [-0.25, -0.2) is 0 Å². The Morgan fingerprint density at radius 2 is 2.10 bits per heavy atom. The number of aliphatic hydroxyl groups excluding tert-OH is 3. The molecule has 1 saturated heterocycles. The zero-order valence-electron chi connectivity index (χ0n) is 11.6. The van der Waals surface area contributed by atoms with Gasteiger partial charge in [0.25, 0.3) is 5.56 Å². The molecule has 2 rings (SSSR count). The molecule has 0 unspecified atom stereocenters. The SMILES string of the molecule is COc1nc(N)c(N[C@H]2OC[C@@H](O)[C@@H](O)[C@H]2O)c(=O)n1C. The smallest absolute Gasteiger partial charge is 0.300 e. The molecule has 0 aliphatic carbocycles. The molecule has 0 saturated carbocycles. The van der Waals surface area contributed by atoms with Crippen molar-refractivity contribution in [1.82, 2.24) is 9.55 Å². The van der Waals surface area contributed by atoms with Crippen LogP contribution in [-0.2, 0) is 11.8 Å². The van der Waals surface area contributed by atoms with Crippen molar-refractivity contribution in [3.8, 4) is 6.01 Å². The van der Waals surface area contributed by atoms with E-state index in [0.717, 1.165) is 4.57 Å². The summed E-state index contributed by atoms with van der Waals surface area (Å²) in [7, 11) is 2.79. The number of hydrogen-bond acceptors (Lipinski definition) is 9. The van der Waals surface area contributed by atoms with Gasteiger partial charge in [0, 0.05) is 7.05 Å². The summed E-state index contributed by atoms with van der Waals surface area (Å²) in [6.07, 6.45) is -5.13. The highest BCUT2D eigenvalue weighted by molar-refractivity contribution is 5.61. The molecule has 2 heterocycles. The fourth-order valence-corrected chi connectivity index (χ4v) is 1.99. The minimum atomic E-state index is -1.43. The molecule has 6 N–H and O–H groups in total. The van der Waals surface area contributed by atoms with E-state index in [1.165, 1.54) is 14.2 Å². The van der Waals surface area contributed by atoms with Gasteiger partial charge in [0.1, 0.15) is 24.0 Å². The first-order valence-electron chi connectivity index (χ1n) is 6.19. The van der Waals surface area contributed by atoms with E-state index in [1.54, 1.807) is 0 Å². The summed E-state index contributed by atoms with van der Waals surface area (Å²) >= 11 is 0. The van der Waals surface area contributed by atoms with Gasteiger partial charge in [-0.2, -0.15) is 4.98 Å². The number of nitrogens with zero attached hydrogens (tertiary/aromatic N) is 2. The van der Waals surface area contributed by atoms with Crippen molar-refractivity contribution < 1.29 is 24.8 Å². The first-order valence-corrected chi connectivity index (χ1v) is 6.19. The number of aromatic nitrogens is 2. The number of hydrogen-bond donors (Lipinski definition) is 5. The number of ether oxygens (including phenoxy) is 2. The van der Waals surface area contributed by atoms with Gasteiger partial charge >= 0.3 is 6.01 Å². The third-order valence-corrected chi connectivity index (χ3v) is 3.25. The molecule has 0 bridgehead atoms. The molecule has 10 heteroatoms. The van der Waals surface area contributed by atoms with Crippen molar-refractivity contribution in [2.45, 2.75) is 24.5 Å². The number of nitrogens with two attached hydrogens (primary N) is 1. The second-order valence-electron chi connectivity index (χ2n) is 4.67. The number of aliphatic hydroxyl groups is 3. The molecule has 1 aromatic rings. The molecular formula is C11H18N4O6. The lowest BCUT2D eigenvalue weighted by Gasteiger charge is -2.35. The van der Waals surface area contributed by atoms with Crippen molar-refractivity contribution in [2.75, 3.05) is 24.8 Å². The molecule has 1 aliphatic heterocycles. The maximum Gasteiger partial charge on any atom is 0.300 e. The van der Waals surface area contributed by atoms with E-state index in [2.05, 4.69) is 10.3 Å². The Labute approximate surface area is 119 Å². The lowest BCUT2D eigenvalue weighted by Crippen LogP contribution is -2.56. The largest absolute Gasteiger partial charge is 0.468 e. The van der Waals surface area contributed by atoms with Crippen molar-refractivity contribution in [2.24, 2.45) is 7.05 Å². The monoisotopic (exact) mass is 302 g/mol. The van der Waals surface area contributed by atoms with Crippen LogP contribution < -0.4 is 21.3 Å². The van der Waals surface area contributed by atoms with Gasteiger partial charge in [0.05, 0.1) is 13.7 Å². The second kappa shape index (κ2) is 5.85. The van der Waals surface area contributed by atoms with Crippen LogP contribution in [0.1, 0.15) is 0 Å². The topological polar surface area (TPSA) is 152 Å². The molecule has 1 aliphatic rings. The highest BCUT2D eigenvalue weighted by Crippen LogP contribution is 2.20. The Hall–Kier alpha value is -1.88. The molecule has 0 spiro atoms. The highest BCUT2D eigenvalue weighted by atomic mass is 16.5. The minimum absolute atomic E-state index is 0.0311. The van der Waals surface area contributed by atoms with E-state index in [9.17, 15) is 20.1 Å². The fraction of sp³-hybridized carbons (Fsp3) is 0.636. The predicted molar refractivity (Wildman–Crippen MR) is 71.8 cm³/mol. The summed E-state index contributed by atoms with van der Waals surface area (Å²) in [5.74, 6) is -0.133. The van der Waals surface area contributed by atoms with Gasteiger partial charge in [0.2, 0.25) is 0 Å². The van der Waals surface area contributed by atoms with Crippen LogP contribution >= 0.6 is 0 Å². The number of methoxy groups -OCH3 is 1. The molecule has 0 amide bonds. The van der Waals surface area contributed by atoms with Crippen LogP contribution in [0.15, 0.2) is 4.79 Å². The van der Waals surface area contributed by atoms with E-state index < -0.39 is 30.1 Å². The summed E-state index contributed by atoms with van der Waals surface area (Å²) in [6.45, 7) is -0.195. The normalized spacial score (nSPS) is 29.2. The highest BCUT2D eigenvalue weighted by Gasteiger charge is 2.38. The fourth-order valence-electron chi connectivity index (χ4n) is 1.99. The van der Waals surface area contributed by atoms with E-state index >= 15 is 0 Å². The standard InChI is InChI=1S/C11H18N4O6/c1-15-10(19)5(8(12)14-11(15)20-2)13-9-7(18)6(17)4(16)3-21-9/h4,6-7,9,13,16-18H,3,12H2,1-2H3/t4-,6-,7-,9+/m1/s1. The van der Waals surface area contributed by atoms with Crippen LogP contribution in [0.2, 0.25) is 0 Å².